The van der Waals surface area contributed by atoms with Crippen LogP contribution in [0.4, 0.5) is 10.5 Å². The first-order chi connectivity index (χ1) is 19.2. The first-order valence-corrected chi connectivity index (χ1v) is 13.9. The van der Waals surface area contributed by atoms with Gasteiger partial charge in [-0.1, -0.05) is 36.4 Å². The van der Waals surface area contributed by atoms with Gasteiger partial charge in [0.25, 0.3) is 5.91 Å². The zero-order valence-corrected chi connectivity index (χ0v) is 22.6. The summed E-state index contributed by atoms with van der Waals surface area (Å²) in [5.74, 6) is -0.385. The van der Waals surface area contributed by atoms with Gasteiger partial charge in [0.2, 0.25) is 17.4 Å². The molecule has 4 amide bonds. The molecule has 10 nitrogen and oxygen atoms in total. The number of anilines is 1. The Hall–Kier alpha value is -3.76. The van der Waals surface area contributed by atoms with Gasteiger partial charge in [0.1, 0.15) is 5.54 Å². The van der Waals surface area contributed by atoms with Gasteiger partial charge in [-0.3, -0.25) is 14.4 Å². The highest BCUT2D eigenvalue weighted by atomic mass is 16.6. The van der Waals surface area contributed by atoms with Crippen molar-refractivity contribution in [2.45, 2.75) is 62.8 Å². The number of nitrogens with zero attached hydrogens (tertiary/aromatic N) is 2. The second kappa shape index (κ2) is 10.0. The minimum atomic E-state index is -1.40. The normalized spacial score (nSPS) is 23.4. The average molecular weight is 547 g/mol. The third-order valence-corrected chi connectivity index (χ3v) is 8.65. The Kier molecular flexibility index (Phi) is 6.62. The molecule has 2 aliphatic heterocycles. The van der Waals surface area contributed by atoms with Crippen LogP contribution in [-0.4, -0.2) is 65.0 Å². The van der Waals surface area contributed by atoms with Gasteiger partial charge >= 0.3 is 6.09 Å². The third kappa shape index (κ3) is 4.65. The van der Waals surface area contributed by atoms with E-state index in [0.717, 1.165) is 28.9 Å². The number of hydrogen-bond acceptors (Lipinski definition) is 7. The van der Waals surface area contributed by atoms with E-state index in [1.54, 1.807) is 18.2 Å². The molecule has 3 N–H and O–H groups in total. The van der Waals surface area contributed by atoms with E-state index >= 15 is 0 Å². The Labute approximate surface area is 232 Å². The van der Waals surface area contributed by atoms with E-state index < -0.39 is 23.1 Å². The van der Waals surface area contributed by atoms with Crippen LogP contribution in [0.1, 0.15) is 49.3 Å². The molecule has 2 aliphatic carbocycles. The van der Waals surface area contributed by atoms with E-state index in [-0.39, 0.29) is 44.0 Å². The summed E-state index contributed by atoms with van der Waals surface area (Å²) >= 11 is 0. The minimum Gasteiger partial charge on any atom is -0.427 e. The molecule has 0 radical (unpaired) electrons. The van der Waals surface area contributed by atoms with Crippen molar-refractivity contribution >= 4 is 29.5 Å². The first-order valence-electron chi connectivity index (χ1n) is 13.9. The summed E-state index contributed by atoms with van der Waals surface area (Å²) in [6.07, 6.45) is 2.32. The summed E-state index contributed by atoms with van der Waals surface area (Å²) < 4.78 is 10.8. The van der Waals surface area contributed by atoms with E-state index in [1.165, 1.54) is 0 Å². The minimum absolute atomic E-state index is 0.0309. The van der Waals surface area contributed by atoms with Crippen LogP contribution < -0.4 is 11.1 Å². The van der Waals surface area contributed by atoms with Crippen molar-refractivity contribution in [3.05, 3.63) is 65.2 Å². The predicted octanol–water partition coefficient (Wildman–Crippen LogP) is 2.69. The molecule has 2 aromatic rings. The van der Waals surface area contributed by atoms with Gasteiger partial charge in [0.05, 0.1) is 13.2 Å². The number of carbonyl (C=O) groups is 4. The molecule has 2 aromatic carbocycles. The predicted molar refractivity (Wildman–Crippen MR) is 145 cm³/mol. The summed E-state index contributed by atoms with van der Waals surface area (Å²) in [6.45, 7) is 2.86. The number of rotatable bonds is 9. The van der Waals surface area contributed by atoms with E-state index in [1.807, 2.05) is 35.2 Å². The molecule has 1 spiro atoms. The van der Waals surface area contributed by atoms with Crippen LogP contribution in [0, 0.1) is 5.92 Å². The molecule has 1 saturated carbocycles. The van der Waals surface area contributed by atoms with Crippen LogP contribution in [0.5, 0.6) is 0 Å². The van der Waals surface area contributed by atoms with Gasteiger partial charge in [0, 0.05) is 43.2 Å². The molecule has 1 unspecified atom stereocenters. The molecule has 0 aromatic heterocycles. The van der Waals surface area contributed by atoms with Crippen molar-refractivity contribution in [2.75, 3.05) is 25.1 Å². The molecule has 4 aliphatic rings. The molecular formula is C30H34N4O6. The first kappa shape index (κ1) is 26.5. The highest BCUT2D eigenvalue weighted by Gasteiger charge is 2.58. The Bertz CT molecular complexity index is 1360. The number of hydrogen-bond donors (Lipinski definition) is 2. The topological polar surface area (TPSA) is 131 Å². The number of amides is 4. The number of imide groups is 1. The molecule has 2 heterocycles. The van der Waals surface area contributed by atoms with E-state index in [0.29, 0.717) is 36.6 Å². The fourth-order valence-corrected chi connectivity index (χ4v) is 5.92. The smallest absolute Gasteiger partial charge is 0.418 e. The summed E-state index contributed by atoms with van der Waals surface area (Å²) in [5, 5.41) is 2.81. The largest absolute Gasteiger partial charge is 0.427 e. The quantitative estimate of drug-likeness (QED) is 0.494. The molecule has 2 atom stereocenters. The van der Waals surface area contributed by atoms with Gasteiger partial charge in [-0.25, -0.2) is 9.69 Å². The second-order valence-electron chi connectivity index (χ2n) is 11.5. The number of aryl methyl sites for hydroxylation is 1. The fraction of sp³-hybridized carbons (Fsp3) is 0.467. The summed E-state index contributed by atoms with van der Waals surface area (Å²) in [7, 11) is 0. The van der Waals surface area contributed by atoms with E-state index in [9.17, 15) is 19.2 Å². The van der Waals surface area contributed by atoms with Gasteiger partial charge in [-0.05, 0) is 55.4 Å². The number of carbonyl (C=O) groups excluding carboxylic acids is 4. The lowest BCUT2D eigenvalue weighted by atomic mass is 9.94. The molecule has 0 bridgehead atoms. The van der Waals surface area contributed by atoms with Crippen LogP contribution in [0.25, 0.3) is 0 Å². The molecule has 3 fully saturated rings. The Balaban J connectivity index is 1.13. The van der Waals surface area contributed by atoms with Crippen LogP contribution in [-0.2, 0) is 42.4 Å². The molecule has 10 heteroatoms. The monoisotopic (exact) mass is 546 g/mol. The summed E-state index contributed by atoms with van der Waals surface area (Å²) in [6, 6.07) is 15.1. The number of nitrogens with one attached hydrogen (secondary N) is 1. The lowest BCUT2D eigenvalue weighted by Crippen LogP contribution is -2.65. The van der Waals surface area contributed by atoms with Crippen molar-refractivity contribution < 1.29 is 28.7 Å². The van der Waals surface area contributed by atoms with Gasteiger partial charge in [0.15, 0.2) is 0 Å². The summed E-state index contributed by atoms with van der Waals surface area (Å²) in [4.78, 5) is 55.4. The molecule has 40 heavy (non-hydrogen) atoms. The van der Waals surface area contributed by atoms with Crippen LogP contribution in [0.2, 0.25) is 0 Å². The lowest BCUT2D eigenvalue weighted by molar-refractivity contribution is -0.139. The Morgan fingerprint density at radius 2 is 1.90 bits per heavy atom. The maximum absolute atomic E-state index is 13.6. The van der Waals surface area contributed by atoms with Gasteiger partial charge < -0.3 is 25.4 Å². The van der Waals surface area contributed by atoms with Crippen molar-refractivity contribution in [3.63, 3.8) is 0 Å². The number of benzene rings is 2. The maximum atomic E-state index is 13.6. The number of fused-ring (bicyclic) bond motifs is 2. The second-order valence-corrected chi connectivity index (χ2v) is 11.5. The van der Waals surface area contributed by atoms with Gasteiger partial charge in [-0.15, -0.1) is 0 Å². The average Bonchev–Trinajstić information content (AvgIpc) is 3.68. The Morgan fingerprint density at radius 1 is 1.15 bits per heavy atom. The number of nitrogens with two attached hydrogens (primary N) is 1. The van der Waals surface area contributed by atoms with E-state index in [4.69, 9.17) is 15.2 Å². The van der Waals surface area contributed by atoms with Crippen LogP contribution in [0.3, 0.4) is 0 Å². The van der Waals surface area contributed by atoms with Crippen molar-refractivity contribution in [3.8, 4) is 0 Å². The van der Waals surface area contributed by atoms with Crippen molar-refractivity contribution in [2.24, 2.45) is 11.7 Å². The summed E-state index contributed by atoms with van der Waals surface area (Å²) in [5.41, 5.74) is 6.60. The highest BCUT2D eigenvalue weighted by molar-refractivity contribution is 6.04. The van der Waals surface area contributed by atoms with Crippen LogP contribution >= 0.6 is 0 Å². The lowest BCUT2D eigenvalue weighted by Gasteiger charge is -2.35. The zero-order chi connectivity index (χ0) is 28.1. The SMILES string of the molecule is C[C@@H](C1CC1)N(Cc1ccccc1)C(=O)CCN1C(=O)OC2(CCc3cc(NC(=O)C4(N)COC4)ccc32)C1=O. The third-order valence-electron chi connectivity index (χ3n) is 8.65. The molecular weight excluding hydrogens is 512 g/mol. The van der Waals surface area contributed by atoms with Crippen LogP contribution in [0.15, 0.2) is 48.5 Å². The highest BCUT2D eigenvalue weighted by Crippen LogP contribution is 2.46. The molecule has 210 valence electrons. The zero-order valence-electron chi connectivity index (χ0n) is 22.6. The molecule has 6 rings (SSSR count). The van der Waals surface area contributed by atoms with Crippen molar-refractivity contribution in [1.29, 1.82) is 0 Å². The fourth-order valence-electron chi connectivity index (χ4n) is 5.92. The molecule has 2 saturated heterocycles. The Morgan fingerprint density at radius 3 is 2.58 bits per heavy atom. The standard InChI is InChI=1S/C30H34N4O6/c1-19(21-7-8-21)34(16-20-5-3-2-4-6-20)25(35)12-14-33-27(37)30(40-28(33)38)13-11-22-15-23(9-10-24(22)30)32-26(36)29(31)17-39-18-29/h2-6,9-10,15,19,21H,7-8,11-14,16-18,31H2,1H3,(H,32,36)/t19-,30?/m0/s1. The van der Waals surface area contributed by atoms with E-state index in [2.05, 4.69) is 12.2 Å². The van der Waals surface area contributed by atoms with Gasteiger partial charge in [-0.2, -0.15) is 0 Å². The number of ether oxygens (including phenoxy) is 2. The maximum Gasteiger partial charge on any atom is 0.418 e. The van der Waals surface area contributed by atoms with Crippen molar-refractivity contribution in [1.82, 2.24) is 9.80 Å².